The van der Waals surface area contributed by atoms with Crippen LogP contribution in [0.5, 0.6) is 5.75 Å². The van der Waals surface area contributed by atoms with E-state index in [9.17, 15) is 9.59 Å². The van der Waals surface area contributed by atoms with Gasteiger partial charge in [-0.05, 0) is 36.2 Å². The average Bonchev–Trinajstić information content (AvgIpc) is 3.03. The van der Waals surface area contributed by atoms with Gasteiger partial charge in [0.05, 0.1) is 6.61 Å². The van der Waals surface area contributed by atoms with Gasteiger partial charge in [0, 0.05) is 22.4 Å². The van der Waals surface area contributed by atoms with Crippen molar-refractivity contribution in [2.24, 2.45) is 0 Å². The molecule has 0 saturated carbocycles. The Morgan fingerprint density at radius 3 is 2.68 bits per heavy atom. The van der Waals surface area contributed by atoms with Crippen molar-refractivity contribution in [3.63, 3.8) is 0 Å². The minimum absolute atomic E-state index is 0.430. The van der Waals surface area contributed by atoms with Crippen LogP contribution in [0.2, 0.25) is 0 Å². The molecule has 0 saturated heterocycles. The van der Waals surface area contributed by atoms with Gasteiger partial charge in [0.1, 0.15) is 5.75 Å². The quantitative estimate of drug-likeness (QED) is 0.855. The van der Waals surface area contributed by atoms with Gasteiger partial charge in [0.25, 0.3) is 5.91 Å². The van der Waals surface area contributed by atoms with Crippen molar-refractivity contribution in [2.45, 2.75) is 11.3 Å². The van der Waals surface area contributed by atoms with Gasteiger partial charge >= 0.3 is 6.03 Å². The molecule has 5 nitrogen and oxygen atoms in total. The number of benzene rings is 2. The molecule has 112 valence electrons. The Hall–Kier alpha value is -2.47. The summed E-state index contributed by atoms with van der Waals surface area (Å²) in [5.41, 5.74) is 1.53. The zero-order valence-electron chi connectivity index (χ0n) is 11.7. The summed E-state index contributed by atoms with van der Waals surface area (Å²) in [6.45, 7) is 0.658. The molecule has 6 heteroatoms. The number of carbonyl (C=O) groups excluding carboxylic acids is 2. The smallest absolute Gasteiger partial charge is 0.331 e. The van der Waals surface area contributed by atoms with Crippen LogP contribution in [0.3, 0.4) is 0 Å². The molecule has 1 aliphatic heterocycles. The van der Waals surface area contributed by atoms with Crippen LogP contribution in [-0.4, -0.2) is 18.5 Å². The third-order valence-corrected chi connectivity index (χ3v) is 4.11. The summed E-state index contributed by atoms with van der Waals surface area (Å²) in [5, 5.41) is 2.29. The summed E-state index contributed by atoms with van der Waals surface area (Å²) in [5.74, 6) is 0.424. The number of fused-ring (bicyclic) bond motifs is 1. The first kappa shape index (κ1) is 14.5. The predicted octanol–water partition coefficient (Wildman–Crippen LogP) is 2.77. The topological polar surface area (TPSA) is 67.4 Å². The van der Waals surface area contributed by atoms with Crippen LogP contribution in [0.25, 0.3) is 0 Å². The molecule has 0 bridgehead atoms. The van der Waals surface area contributed by atoms with Crippen molar-refractivity contribution in [2.75, 3.05) is 6.61 Å². The second-order valence-corrected chi connectivity index (χ2v) is 5.53. The van der Waals surface area contributed by atoms with E-state index in [1.807, 2.05) is 24.3 Å². The normalized spacial score (nSPS) is 12.2. The van der Waals surface area contributed by atoms with E-state index in [-0.39, 0.29) is 0 Å². The summed E-state index contributed by atoms with van der Waals surface area (Å²) < 4.78 is 8.09. The zero-order chi connectivity index (χ0) is 15.4. The van der Waals surface area contributed by atoms with Crippen molar-refractivity contribution >= 4 is 23.9 Å². The third kappa shape index (κ3) is 3.23. The number of urea groups is 1. The molecule has 0 radical (unpaired) electrons. The predicted molar refractivity (Wildman–Crippen MR) is 83.9 cm³/mol. The largest absolute Gasteiger partial charge is 0.493 e. The Balaban J connectivity index is 1.57. The molecule has 0 aromatic heterocycles. The standard InChI is InChI=1S/C16H14N2O3S/c19-15(11-5-2-1-3-6-11)17-16(20)18-22-14-8-4-7-13-12(14)9-10-21-13/h1-8H,9-10H2,(H2,17,18,19,20). The lowest BCUT2D eigenvalue weighted by molar-refractivity contribution is 0.0965. The number of ether oxygens (including phenoxy) is 1. The molecule has 2 N–H and O–H groups in total. The van der Waals surface area contributed by atoms with E-state index in [2.05, 4.69) is 10.0 Å². The van der Waals surface area contributed by atoms with Crippen LogP contribution in [0.1, 0.15) is 15.9 Å². The number of rotatable bonds is 3. The first-order valence-electron chi connectivity index (χ1n) is 6.82. The molecule has 2 aromatic rings. The number of carbonyl (C=O) groups is 2. The van der Waals surface area contributed by atoms with E-state index in [0.29, 0.717) is 12.2 Å². The lowest BCUT2D eigenvalue weighted by Gasteiger charge is -2.08. The van der Waals surface area contributed by atoms with E-state index in [1.54, 1.807) is 24.3 Å². The van der Waals surface area contributed by atoms with E-state index in [1.165, 1.54) is 11.9 Å². The van der Waals surface area contributed by atoms with Gasteiger partial charge in [-0.2, -0.15) is 0 Å². The lowest BCUT2D eigenvalue weighted by Crippen LogP contribution is -2.36. The molecule has 3 amide bonds. The lowest BCUT2D eigenvalue weighted by atomic mass is 10.2. The van der Waals surface area contributed by atoms with Crippen LogP contribution >= 0.6 is 11.9 Å². The molecular formula is C16H14N2O3S. The number of nitrogens with one attached hydrogen (secondary N) is 2. The summed E-state index contributed by atoms with van der Waals surface area (Å²) in [6.07, 6.45) is 0.824. The Morgan fingerprint density at radius 1 is 1.05 bits per heavy atom. The van der Waals surface area contributed by atoms with Crippen LogP contribution in [-0.2, 0) is 6.42 Å². The summed E-state index contributed by atoms with van der Waals surface area (Å²) >= 11 is 1.18. The first-order valence-corrected chi connectivity index (χ1v) is 7.63. The minimum Gasteiger partial charge on any atom is -0.493 e. The molecule has 22 heavy (non-hydrogen) atoms. The second kappa shape index (κ2) is 6.53. The maximum Gasteiger partial charge on any atom is 0.331 e. The molecule has 1 aliphatic rings. The van der Waals surface area contributed by atoms with Crippen molar-refractivity contribution in [3.8, 4) is 5.75 Å². The number of hydrogen-bond donors (Lipinski definition) is 2. The molecular weight excluding hydrogens is 300 g/mol. The molecule has 0 spiro atoms. The van der Waals surface area contributed by atoms with Crippen molar-refractivity contribution in [3.05, 3.63) is 59.7 Å². The van der Waals surface area contributed by atoms with E-state index >= 15 is 0 Å². The van der Waals surface area contributed by atoms with E-state index in [4.69, 9.17) is 4.74 Å². The Labute approximate surface area is 132 Å². The van der Waals surface area contributed by atoms with Gasteiger partial charge in [-0.15, -0.1) is 0 Å². The van der Waals surface area contributed by atoms with Gasteiger partial charge in [-0.1, -0.05) is 24.3 Å². The number of imide groups is 1. The van der Waals surface area contributed by atoms with Crippen molar-refractivity contribution < 1.29 is 14.3 Å². The Bertz CT molecular complexity index is 704. The highest BCUT2D eigenvalue weighted by Gasteiger charge is 2.17. The number of amides is 3. The van der Waals surface area contributed by atoms with Gasteiger partial charge in [-0.25, -0.2) is 4.79 Å². The molecule has 0 unspecified atom stereocenters. The Kier molecular flexibility index (Phi) is 4.29. The van der Waals surface area contributed by atoms with Gasteiger partial charge < -0.3 is 4.74 Å². The van der Waals surface area contributed by atoms with Crippen LogP contribution in [0, 0.1) is 0 Å². The fraction of sp³-hybridized carbons (Fsp3) is 0.125. The SMILES string of the molecule is O=C(NSc1cccc2c1CCO2)NC(=O)c1ccccc1. The van der Waals surface area contributed by atoms with Gasteiger partial charge in [0.2, 0.25) is 0 Å². The van der Waals surface area contributed by atoms with Gasteiger partial charge in [-0.3, -0.25) is 14.8 Å². The van der Waals surface area contributed by atoms with Crippen molar-refractivity contribution in [1.82, 2.24) is 10.0 Å². The molecule has 0 atom stereocenters. The van der Waals surface area contributed by atoms with Gasteiger partial charge in [0.15, 0.2) is 0 Å². The van der Waals surface area contributed by atoms with Crippen LogP contribution < -0.4 is 14.8 Å². The van der Waals surface area contributed by atoms with E-state index in [0.717, 1.165) is 22.6 Å². The fourth-order valence-corrected chi connectivity index (χ4v) is 2.90. The van der Waals surface area contributed by atoms with Crippen molar-refractivity contribution in [1.29, 1.82) is 0 Å². The monoisotopic (exact) mass is 314 g/mol. The zero-order valence-corrected chi connectivity index (χ0v) is 12.5. The molecule has 3 rings (SSSR count). The molecule has 0 fully saturated rings. The summed E-state index contributed by atoms with van der Waals surface area (Å²) in [6, 6.07) is 13.8. The average molecular weight is 314 g/mol. The second-order valence-electron chi connectivity index (χ2n) is 4.68. The molecule has 0 aliphatic carbocycles. The van der Waals surface area contributed by atoms with Crippen LogP contribution in [0.15, 0.2) is 53.4 Å². The fourth-order valence-electron chi connectivity index (χ4n) is 2.18. The summed E-state index contributed by atoms with van der Waals surface area (Å²) in [7, 11) is 0. The maximum absolute atomic E-state index is 11.9. The highest BCUT2D eigenvalue weighted by atomic mass is 32.2. The van der Waals surface area contributed by atoms with Crippen LogP contribution in [0.4, 0.5) is 4.79 Å². The highest BCUT2D eigenvalue weighted by Crippen LogP contribution is 2.32. The minimum atomic E-state index is -0.546. The number of hydrogen-bond acceptors (Lipinski definition) is 4. The molecule has 1 heterocycles. The maximum atomic E-state index is 11.9. The highest BCUT2D eigenvalue weighted by molar-refractivity contribution is 7.98. The van der Waals surface area contributed by atoms with E-state index < -0.39 is 11.9 Å². The first-order chi connectivity index (χ1) is 10.7. The molecule has 2 aromatic carbocycles. The third-order valence-electron chi connectivity index (χ3n) is 3.22. The summed E-state index contributed by atoms with van der Waals surface area (Å²) in [4.78, 5) is 24.6. The Morgan fingerprint density at radius 2 is 1.86 bits per heavy atom.